The van der Waals surface area contributed by atoms with E-state index >= 15 is 0 Å². The SMILES string of the molecule is CC(C)c1cccc(OC(=O)N(C)S(=O)OC(C)c2ccccn2)c1. The summed E-state index contributed by atoms with van der Waals surface area (Å²) in [5, 5.41) is 0. The molecule has 0 aliphatic carbocycles. The maximum Gasteiger partial charge on any atom is 0.428 e. The molecule has 134 valence electrons. The van der Waals surface area contributed by atoms with E-state index < -0.39 is 23.5 Å². The van der Waals surface area contributed by atoms with Crippen molar-refractivity contribution in [1.29, 1.82) is 0 Å². The number of nitrogens with zero attached hydrogens (tertiary/aromatic N) is 2. The van der Waals surface area contributed by atoms with Gasteiger partial charge in [-0.2, -0.15) is 0 Å². The van der Waals surface area contributed by atoms with Crippen LogP contribution < -0.4 is 4.74 Å². The van der Waals surface area contributed by atoms with E-state index in [0.29, 0.717) is 17.4 Å². The summed E-state index contributed by atoms with van der Waals surface area (Å²) in [4.78, 5) is 16.3. The molecule has 0 fully saturated rings. The molecule has 2 aromatic rings. The van der Waals surface area contributed by atoms with Gasteiger partial charge in [0.05, 0.1) is 5.69 Å². The predicted molar refractivity (Wildman–Crippen MR) is 96.2 cm³/mol. The van der Waals surface area contributed by atoms with Gasteiger partial charge in [-0.05, 0) is 42.7 Å². The summed E-state index contributed by atoms with van der Waals surface area (Å²) in [5.74, 6) is 0.714. The number of amides is 1. The first kappa shape index (κ1) is 19.1. The van der Waals surface area contributed by atoms with E-state index in [2.05, 4.69) is 18.8 Å². The molecule has 1 aromatic heterocycles. The summed E-state index contributed by atoms with van der Waals surface area (Å²) >= 11 is -1.99. The van der Waals surface area contributed by atoms with Crippen molar-refractivity contribution in [2.24, 2.45) is 0 Å². The zero-order valence-corrected chi connectivity index (χ0v) is 15.5. The number of hydrogen-bond acceptors (Lipinski definition) is 5. The van der Waals surface area contributed by atoms with E-state index in [4.69, 9.17) is 8.92 Å². The predicted octanol–water partition coefficient (Wildman–Crippen LogP) is 3.99. The lowest BCUT2D eigenvalue weighted by Crippen LogP contribution is -2.33. The highest BCUT2D eigenvalue weighted by molar-refractivity contribution is 7.78. The minimum atomic E-state index is -1.99. The molecule has 2 atom stereocenters. The molecule has 0 saturated carbocycles. The van der Waals surface area contributed by atoms with Crippen LogP contribution in [0.25, 0.3) is 0 Å². The second kappa shape index (κ2) is 8.73. The Hall–Kier alpha value is -2.25. The topological polar surface area (TPSA) is 68.7 Å². The molecule has 0 saturated heterocycles. The van der Waals surface area contributed by atoms with Gasteiger partial charge in [0.25, 0.3) is 11.3 Å². The van der Waals surface area contributed by atoms with Gasteiger partial charge in [-0.15, -0.1) is 0 Å². The smallest absolute Gasteiger partial charge is 0.409 e. The fourth-order valence-electron chi connectivity index (χ4n) is 2.02. The van der Waals surface area contributed by atoms with Crippen LogP contribution in [0.4, 0.5) is 4.79 Å². The molecule has 0 aliphatic rings. The summed E-state index contributed by atoms with van der Waals surface area (Å²) in [6, 6.07) is 12.6. The summed E-state index contributed by atoms with van der Waals surface area (Å²) in [5.41, 5.74) is 1.68. The van der Waals surface area contributed by atoms with Crippen LogP contribution >= 0.6 is 0 Å². The Labute approximate surface area is 150 Å². The maximum absolute atomic E-state index is 12.2. The van der Waals surface area contributed by atoms with Crippen molar-refractivity contribution in [2.45, 2.75) is 32.8 Å². The van der Waals surface area contributed by atoms with Crippen LogP contribution in [0.2, 0.25) is 0 Å². The Bertz CT molecular complexity index is 737. The number of pyridine rings is 1. The van der Waals surface area contributed by atoms with E-state index in [0.717, 1.165) is 9.87 Å². The van der Waals surface area contributed by atoms with Gasteiger partial charge in [0, 0.05) is 13.2 Å². The number of carbonyl (C=O) groups is 1. The second-order valence-electron chi connectivity index (χ2n) is 5.80. The van der Waals surface area contributed by atoms with Crippen molar-refractivity contribution in [3.8, 4) is 5.75 Å². The van der Waals surface area contributed by atoms with E-state index in [1.165, 1.54) is 7.05 Å². The number of hydrogen-bond donors (Lipinski definition) is 0. The van der Waals surface area contributed by atoms with Gasteiger partial charge >= 0.3 is 6.09 Å². The molecular weight excluding hydrogens is 340 g/mol. The average molecular weight is 362 g/mol. The highest BCUT2D eigenvalue weighted by Crippen LogP contribution is 2.21. The highest BCUT2D eigenvalue weighted by Gasteiger charge is 2.22. The van der Waals surface area contributed by atoms with Gasteiger partial charge in [0.15, 0.2) is 0 Å². The van der Waals surface area contributed by atoms with Gasteiger partial charge in [-0.25, -0.2) is 13.3 Å². The first-order valence-corrected chi connectivity index (χ1v) is 8.97. The Morgan fingerprint density at radius 3 is 2.56 bits per heavy atom. The van der Waals surface area contributed by atoms with E-state index in [-0.39, 0.29) is 0 Å². The minimum Gasteiger partial charge on any atom is -0.409 e. The summed E-state index contributed by atoms with van der Waals surface area (Å²) in [6.07, 6.45) is 0.340. The number of rotatable bonds is 6. The van der Waals surface area contributed by atoms with E-state index in [1.54, 1.807) is 37.4 Å². The number of aromatic nitrogens is 1. The first-order valence-electron chi connectivity index (χ1n) is 7.94. The molecule has 1 heterocycles. The fourth-order valence-corrected chi connectivity index (χ4v) is 2.65. The second-order valence-corrected chi connectivity index (χ2v) is 6.98. The van der Waals surface area contributed by atoms with Crippen LogP contribution in [0, 0.1) is 0 Å². The zero-order chi connectivity index (χ0) is 18.4. The fraction of sp³-hybridized carbons (Fsp3) is 0.333. The van der Waals surface area contributed by atoms with Crippen LogP contribution in [0.1, 0.15) is 44.1 Å². The molecule has 6 nitrogen and oxygen atoms in total. The van der Waals surface area contributed by atoms with Crippen LogP contribution in [0.5, 0.6) is 5.75 Å². The molecule has 7 heteroatoms. The molecule has 1 amide bonds. The van der Waals surface area contributed by atoms with Crippen molar-refractivity contribution >= 4 is 17.4 Å². The summed E-state index contributed by atoms with van der Waals surface area (Å²) in [6.45, 7) is 5.81. The van der Waals surface area contributed by atoms with Crippen LogP contribution in [0.15, 0.2) is 48.7 Å². The normalized spacial score (nSPS) is 13.3. The molecule has 0 N–H and O–H groups in total. The highest BCUT2D eigenvalue weighted by atomic mass is 32.2. The lowest BCUT2D eigenvalue weighted by molar-refractivity contribution is 0.176. The third-order valence-corrected chi connectivity index (χ3v) is 4.59. The van der Waals surface area contributed by atoms with Crippen molar-refractivity contribution in [3.05, 3.63) is 59.9 Å². The van der Waals surface area contributed by atoms with Crippen molar-refractivity contribution < 1.29 is 17.9 Å². The molecule has 2 rings (SSSR count). The van der Waals surface area contributed by atoms with Crippen molar-refractivity contribution in [2.75, 3.05) is 7.05 Å². The number of ether oxygens (including phenoxy) is 1. The maximum atomic E-state index is 12.2. The Kier molecular flexibility index (Phi) is 6.66. The van der Waals surface area contributed by atoms with Gasteiger partial charge in [0.2, 0.25) is 0 Å². The Balaban J connectivity index is 1.97. The van der Waals surface area contributed by atoms with Crippen LogP contribution in [-0.4, -0.2) is 26.6 Å². The van der Waals surface area contributed by atoms with Gasteiger partial charge < -0.3 is 4.74 Å². The lowest BCUT2D eigenvalue weighted by Gasteiger charge is -2.18. The molecular formula is C18H22N2O4S. The van der Waals surface area contributed by atoms with Crippen molar-refractivity contribution in [1.82, 2.24) is 9.29 Å². The van der Waals surface area contributed by atoms with Crippen LogP contribution in [0.3, 0.4) is 0 Å². The zero-order valence-electron chi connectivity index (χ0n) is 14.7. The minimum absolute atomic E-state index is 0.313. The quantitative estimate of drug-likeness (QED) is 0.777. The molecule has 0 radical (unpaired) electrons. The van der Waals surface area contributed by atoms with Gasteiger partial charge in [0.1, 0.15) is 11.9 Å². The third-order valence-electron chi connectivity index (χ3n) is 3.54. The number of benzene rings is 1. The average Bonchev–Trinajstić information content (AvgIpc) is 2.61. The molecule has 0 aliphatic heterocycles. The van der Waals surface area contributed by atoms with Gasteiger partial charge in [-0.1, -0.05) is 32.0 Å². The standard InChI is InChI=1S/C18H22N2O4S/c1-13(2)15-8-7-9-16(12-15)23-18(21)20(4)25(22)24-14(3)17-10-5-6-11-19-17/h5-14H,1-4H3. The van der Waals surface area contributed by atoms with E-state index in [9.17, 15) is 9.00 Å². The van der Waals surface area contributed by atoms with Gasteiger partial charge in [-0.3, -0.25) is 9.17 Å². The lowest BCUT2D eigenvalue weighted by atomic mass is 10.0. The summed E-state index contributed by atoms with van der Waals surface area (Å²) in [7, 11) is 1.36. The molecule has 0 bridgehead atoms. The molecule has 2 unspecified atom stereocenters. The van der Waals surface area contributed by atoms with E-state index in [1.807, 2.05) is 18.2 Å². The Morgan fingerprint density at radius 2 is 1.92 bits per heavy atom. The van der Waals surface area contributed by atoms with Crippen LogP contribution in [-0.2, 0) is 15.4 Å². The molecule has 25 heavy (non-hydrogen) atoms. The number of carbonyl (C=O) groups excluding carboxylic acids is 1. The molecule has 0 spiro atoms. The van der Waals surface area contributed by atoms with Crippen molar-refractivity contribution in [3.63, 3.8) is 0 Å². The molecule has 1 aromatic carbocycles. The monoisotopic (exact) mass is 362 g/mol. The Morgan fingerprint density at radius 1 is 1.16 bits per heavy atom. The first-order chi connectivity index (χ1) is 11.9. The largest absolute Gasteiger partial charge is 0.428 e. The third kappa shape index (κ3) is 5.37. The summed E-state index contributed by atoms with van der Waals surface area (Å²) < 4.78 is 23.8.